The highest BCUT2D eigenvalue weighted by Crippen LogP contribution is 2.17. The van der Waals surface area contributed by atoms with Crippen LogP contribution in [0.1, 0.15) is 34.7 Å². The lowest BCUT2D eigenvalue weighted by atomic mass is 10.2. The number of hydrogen-bond acceptors (Lipinski definition) is 5. The van der Waals surface area contributed by atoms with Crippen molar-refractivity contribution in [3.8, 4) is 6.07 Å². The van der Waals surface area contributed by atoms with Crippen molar-refractivity contribution in [1.29, 1.82) is 5.26 Å². The predicted octanol–water partition coefficient (Wildman–Crippen LogP) is 2.15. The molecule has 1 atom stereocenters. The van der Waals surface area contributed by atoms with Gasteiger partial charge in [0, 0.05) is 24.0 Å². The molecule has 0 radical (unpaired) electrons. The van der Waals surface area contributed by atoms with Gasteiger partial charge in [-0.05, 0) is 19.1 Å². The molecule has 104 valence electrons. The van der Waals surface area contributed by atoms with E-state index in [0.717, 1.165) is 10.7 Å². The molecule has 0 saturated carbocycles. The Morgan fingerprint density at radius 2 is 2.38 bits per heavy atom. The van der Waals surface area contributed by atoms with E-state index in [-0.39, 0.29) is 17.6 Å². The van der Waals surface area contributed by atoms with Crippen LogP contribution in [0.15, 0.2) is 36.1 Å². The van der Waals surface area contributed by atoms with Crippen molar-refractivity contribution in [2.24, 2.45) is 0 Å². The fourth-order valence-electron chi connectivity index (χ4n) is 1.90. The lowest BCUT2D eigenvalue weighted by Crippen LogP contribution is -2.27. The van der Waals surface area contributed by atoms with Gasteiger partial charge in [-0.15, -0.1) is 11.3 Å². The van der Waals surface area contributed by atoms with Crippen molar-refractivity contribution in [3.63, 3.8) is 0 Å². The number of nitrogens with one attached hydrogen (secondary N) is 1. The molecule has 1 amide bonds. The van der Waals surface area contributed by atoms with Crippen molar-refractivity contribution in [2.75, 3.05) is 0 Å². The number of rotatable bonds is 3. The molecule has 3 aromatic rings. The minimum Gasteiger partial charge on any atom is -0.344 e. The quantitative estimate of drug-likeness (QED) is 0.803. The van der Waals surface area contributed by atoms with E-state index < -0.39 is 0 Å². The van der Waals surface area contributed by atoms with E-state index >= 15 is 0 Å². The Labute approximate surface area is 124 Å². The molecular weight excluding hydrogens is 286 g/mol. The zero-order valence-electron chi connectivity index (χ0n) is 11.1. The van der Waals surface area contributed by atoms with Gasteiger partial charge < -0.3 is 5.32 Å². The normalized spacial score (nSPS) is 12.0. The number of carbonyl (C=O) groups is 1. The van der Waals surface area contributed by atoms with E-state index in [4.69, 9.17) is 5.26 Å². The molecular formula is C14H11N5OS. The predicted molar refractivity (Wildman–Crippen MR) is 77.9 cm³/mol. The first-order valence-corrected chi connectivity index (χ1v) is 7.14. The van der Waals surface area contributed by atoms with Crippen molar-refractivity contribution in [2.45, 2.75) is 13.0 Å². The molecule has 0 bridgehead atoms. The van der Waals surface area contributed by atoms with E-state index in [1.54, 1.807) is 17.4 Å². The number of aromatic nitrogens is 3. The topological polar surface area (TPSA) is 83.1 Å². The summed E-state index contributed by atoms with van der Waals surface area (Å²) < 4.78 is 1.92. The minimum absolute atomic E-state index is 0.208. The van der Waals surface area contributed by atoms with Crippen LogP contribution < -0.4 is 5.32 Å². The van der Waals surface area contributed by atoms with Crippen molar-refractivity contribution in [1.82, 2.24) is 19.7 Å². The van der Waals surface area contributed by atoms with Gasteiger partial charge >= 0.3 is 0 Å². The molecule has 1 unspecified atom stereocenters. The summed E-state index contributed by atoms with van der Waals surface area (Å²) in [5.41, 5.74) is 1.51. The first-order chi connectivity index (χ1) is 10.2. The Morgan fingerprint density at radius 1 is 1.52 bits per heavy atom. The number of nitrogens with zero attached hydrogens (tertiary/aromatic N) is 4. The second kappa shape index (κ2) is 5.34. The molecule has 0 aliphatic carbocycles. The molecule has 0 aliphatic rings. The molecule has 3 heterocycles. The summed E-state index contributed by atoms with van der Waals surface area (Å²) in [6.07, 6.45) is 5.22. The van der Waals surface area contributed by atoms with Gasteiger partial charge in [0.1, 0.15) is 11.8 Å². The van der Waals surface area contributed by atoms with Crippen molar-refractivity contribution < 1.29 is 4.79 Å². The summed E-state index contributed by atoms with van der Waals surface area (Å²) in [5.74, 6) is -0.240. The Kier molecular flexibility index (Phi) is 3.38. The average Bonchev–Trinajstić information content (AvgIpc) is 3.08. The lowest BCUT2D eigenvalue weighted by Gasteiger charge is -2.11. The number of thiazole rings is 1. The van der Waals surface area contributed by atoms with Crippen LogP contribution in [0.4, 0.5) is 0 Å². The smallest absolute Gasteiger partial charge is 0.253 e. The number of nitriles is 1. The zero-order chi connectivity index (χ0) is 14.8. The van der Waals surface area contributed by atoms with Crippen molar-refractivity contribution in [3.05, 3.63) is 53.1 Å². The standard InChI is InChI=1S/C14H11N5OS/c1-9(12-8-19-4-5-21-14(19)18-12)17-13(20)10-2-3-11(6-15)16-7-10/h2-5,7-9H,1H3,(H,17,20). The monoisotopic (exact) mass is 297 g/mol. The third-order valence-electron chi connectivity index (χ3n) is 3.04. The van der Waals surface area contributed by atoms with Gasteiger partial charge in [0.2, 0.25) is 0 Å². The van der Waals surface area contributed by atoms with Gasteiger partial charge in [-0.1, -0.05) is 0 Å². The summed E-state index contributed by atoms with van der Waals surface area (Å²) in [6.45, 7) is 1.88. The Morgan fingerprint density at radius 3 is 3.05 bits per heavy atom. The van der Waals surface area contributed by atoms with Gasteiger partial charge in [-0.25, -0.2) is 9.97 Å². The van der Waals surface area contributed by atoms with Crippen LogP contribution in [-0.4, -0.2) is 20.3 Å². The highest BCUT2D eigenvalue weighted by Gasteiger charge is 2.15. The first kappa shape index (κ1) is 13.3. The zero-order valence-corrected chi connectivity index (χ0v) is 12.0. The molecule has 7 heteroatoms. The second-order valence-corrected chi connectivity index (χ2v) is 5.37. The number of imidazole rings is 1. The summed E-state index contributed by atoms with van der Waals surface area (Å²) >= 11 is 1.54. The van der Waals surface area contributed by atoms with E-state index in [2.05, 4.69) is 15.3 Å². The number of carbonyl (C=O) groups excluding carboxylic acids is 1. The molecule has 0 aliphatic heterocycles. The molecule has 6 nitrogen and oxygen atoms in total. The summed E-state index contributed by atoms with van der Waals surface area (Å²) in [7, 11) is 0. The Bertz CT molecular complexity index is 799. The number of hydrogen-bond donors (Lipinski definition) is 1. The van der Waals surface area contributed by atoms with E-state index in [9.17, 15) is 4.79 Å². The number of fused-ring (bicyclic) bond motifs is 1. The molecule has 0 spiro atoms. The average molecular weight is 297 g/mol. The molecule has 1 N–H and O–H groups in total. The molecule has 0 aromatic carbocycles. The fraction of sp³-hybridized carbons (Fsp3) is 0.143. The number of pyridine rings is 1. The maximum absolute atomic E-state index is 12.1. The number of amides is 1. The van der Waals surface area contributed by atoms with Crippen LogP contribution in [0.2, 0.25) is 0 Å². The lowest BCUT2D eigenvalue weighted by molar-refractivity contribution is 0.0939. The third kappa shape index (κ3) is 2.61. The summed E-state index contributed by atoms with van der Waals surface area (Å²) in [6, 6.07) is 4.81. The van der Waals surface area contributed by atoms with Gasteiger partial charge in [0.25, 0.3) is 5.91 Å². The molecule has 3 aromatic heterocycles. The minimum atomic E-state index is -0.240. The van der Waals surface area contributed by atoms with Crippen LogP contribution in [0.25, 0.3) is 4.96 Å². The first-order valence-electron chi connectivity index (χ1n) is 6.26. The van der Waals surface area contributed by atoms with Crippen LogP contribution in [-0.2, 0) is 0 Å². The highest BCUT2D eigenvalue weighted by molar-refractivity contribution is 7.15. The van der Waals surface area contributed by atoms with Gasteiger partial charge in [-0.3, -0.25) is 9.20 Å². The van der Waals surface area contributed by atoms with Crippen LogP contribution in [0.3, 0.4) is 0 Å². The molecule has 3 rings (SSSR count). The second-order valence-electron chi connectivity index (χ2n) is 4.50. The third-order valence-corrected chi connectivity index (χ3v) is 3.81. The maximum atomic E-state index is 12.1. The van der Waals surface area contributed by atoms with Gasteiger partial charge in [0.05, 0.1) is 17.3 Å². The SMILES string of the molecule is CC(NC(=O)c1ccc(C#N)nc1)c1cn2ccsc2n1. The van der Waals surface area contributed by atoms with E-state index in [1.807, 2.05) is 35.2 Å². The highest BCUT2D eigenvalue weighted by atomic mass is 32.1. The molecule has 0 saturated heterocycles. The maximum Gasteiger partial charge on any atom is 0.253 e. The molecule has 0 fully saturated rings. The van der Waals surface area contributed by atoms with E-state index in [1.165, 1.54) is 12.3 Å². The summed E-state index contributed by atoms with van der Waals surface area (Å²) in [4.78, 5) is 21.3. The van der Waals surface area contributed by atoms with Crippen LogP contribution in [0.5, 0.6) is 0 Å². The van der Waals surface area contributed by atoms with E-state index in [0.29, 0.717) is 5.56 Å². The largest absolute Gasteiger partial charge is 0.344 e. The Hall–Kier alpha value is -2.72. The van der Waals surface area contributed by atoms with Crippen molar-refractivity contribution >= 4 is 22.2 Å². The van der Waals surface area contributed by atoms with Gasteiger partial charge in [-0.2, -0.15) is 5.26 Å². The molecule has 21 heavy (non-hydrogen) atoms. The fourth-order valence-corrected chi connectivity index (χ4v) is 2.61. The van der Waals surface area contributed by atoms with Gasteiger partial charge in [0.15, 0.2) is 4.96 Å². The Balaban J connectivity index is 1.74. The van der Waals surface area contributed by atoms with Crippen LogP contribution in [0, 0.1) is 11.3 Å². The van der Waals surface area contributed by atoms with Crippen LogP contribution >= 0.6 is 11.3 Å². The summed E-state index contributed by atoms with van der Waals surface area (Å²) in [5, 5.41) is 13.5.